The van der Waals surface area contributed by atoms with E-state index in [0.717, 1.165) is 16.7 Å². The van der Waals surface area contributed by atoms with E-state index in [2.05, 4.69) is 15.5 Å². The van der Waals surface area contributed by atoms with Gasteiger partial charge in [-0.1, -0.05) is 24.3 Å². The SMILES string of the molecule is COc1cccc(CN(CCC(=O)O)C(=O)Nc2ccc(-c3cn[nH]c3)cc2)c1. The number of aromatic nitrogens is 2. The number of carbonyl (C=O) groups is 2. The molecule has 3 aromatic rings. The van der Waals surface area contributed by atoms with Gasteiger partial charge in [0, 0.05) is 30.5 Å². The molecule has 2 aromatic carbocycles. The summed E-state index contributed by atoms with van der Waals surface area (Å²) in [5.74, 6) is -0.283. The summed E-state index contributed by atoms with van der Waals surface area (Å²) in [5.41, 5.74) is 3.38. The molecule has 0 bridgehead atoms. The maximum Gasteiger partial charge on any atom is 0.322 e. The highest BCUT2D eigenvalue weighted by molar-refractivity contribution is 5.90. The Kier molecular flexibility index (Phi) is 6.47. The predicted octanol–water partition coefficient (Wildman–Crippen LogP) is 3.59. The molecule has 0 aliphatic heterocycles. The van der Waals surface area contributed by atoms with Crippen molar-refractivity contribution in [2.45, 2.75) is 13.0 Å². The van der Waals surface area contributed by atoms with Gasteiger partial charge in [-0.2, -0.15) is 5.10 Å². The normalized spacial score (nSPS) is 10.4. The molecule has 0 unspecified atom stereocenters. The van der Waals surface area contributed by atoms with E-state index in [1.54, 1.807) is 31.6 Å². The van der Waals surface area contributed by atoms with E-state index in [9.17, 15) is 9.59 Å². The van der Waals surface area contributed by atoms with Crippen LogP contribution in [-0.2, 0) is 11.3 Å². The number of nitrogens with one attached hydrogen (secondary N) is 2. The standard InChI is InChI=1S/C21H22N4O4/c1-29-19-4-2-3-15(11-19)14-25(10-9-20(26)27)21(28)24-18-7-5-16(6-8-18)17-12-22-23-13-17/h2-8,11-13H,9-10,14H2,1H3,(H,22,23)(H,24,28)(H,26,27). The lowest BCUT2D eigenvalue weighted by atomic mass is 10.1. The smallest absolute Gasteiger partial charge is 0.322 e. The molecule has 150 valence electrons. The van der Waals surface area contributed by atoms with Crippen molar-refractivity contribution < 1.29 is 19.4 Å². The van der Waals surface area contributed by atoms with Crippen LogP contribution in [0.3, 0.4) is 0 Å². The van der Waals surface area contributed by atoms with Crippen molar-refractivity contribution in [3.8, 4) is 16.9 Å². The van der Waals surface area contributed by atoms with Gasteiger partial charge in [-0.3, -0.25) is 9.89 Å². The number of hydrogen-bond donors (Lipinski definition) is 3. The third kappa shape index (κ3) is 5.58. The third-order valence-corrected chi connectivity index (χ3v) is 4.36. The number of anilines is 1. The molecule has 2 amide bonds. The van der Waals surface area contributed by atoms with Crippen LogP contribution in [-0.4, -0.2) is 45.9 Å². The van der Waals surface area contributed by atoms with Crippen molar-refractivity contribution in [3.05, 3.63) is 66.5 Å². The first-order valence-electron chi connectivity index (χ1n) is 9.05. The summed E-state index contributed by atoms with van der Waals surface area (Å²) in [4.78, 5) is 25.2. The van der Waals surface area contributed by atoms with E-state index in [1.165, 1.54) is 4.90 Å². The molecule has 8 heteroatoms. The van der Waals surface area contributed by atoms with Crippen molar-refractivity contribution in [2.24, 2.45) is 0 Å². The molecule has 0 spiro atoms. The van der Waals surface area contributed by atoms with Crippen LogP contribution in [0.1, 0.15) is 12.0 Å². The van der Waals surface area contributed by atoms with Crippen molar-refractivity contribution in [3.63, 3.8) is 0 Å². The van der Waals surface area contributed by atoms with Crippen LogP contribution in [0.5, 0.6) is 5.75 Å². The molecule has 3 rings (SSSR count). The number of aliphatic carboxylic acids is 1. The largest absolute Gasteiger partial charge is 0.497 e. The fraction of sp³-hybridized carbons (Fsp3) is 0.190. The maximum atomic E-state index is 12.8. The van der Waals surface area contributed by atoms with Crippen LogP contribution in [0.2, 0.25) is 0 Å². The molecule has 1 heterocycles. The molecule has 0 atom stereocenters. The summed E-state index contributed by atoms with van der Waals surface area (Å²) in [6.07, 6.45) is 3.36. The number of aromatic amines is 1. The fourth-order valence-corrected chi connectivity index (χ4v) is 2.83. The van der Waals surface area contributed by atoms with E-state index in [0.29, 0.717) is 11.4 Å². The zero-order valence-corrected chi connectivity index (χ0v) is 16.0. The summed E-state index contributed by atoms with van der Waals surface area (Å²) in [5, 5.41) is 18.5. The molecule has 0 aliphatic carbocycles. The zero-order valence-electron chi connectivity index (χ0n) is 16.0. The minimum Gasteiger partial charge on any atom is -0.497 e. The molecule has 0 saturated carbocycles. The number of urea groups is 1. The molecule has 1 aromatic heterocycles. The van der Waals surface area contributed by atoms with Crippen LogP contribution < -0.4 is 10.1 Å². The molecule has 0 aliphatic rings. The van der Waals surface area contributed by atoms with Gasteiger partial charge in [0.2, 0.25) is 0 Å². The van der Waals surface area contributed by atoms with Crippen LogP contribution in [0, 0.1) is 0 Å². The van der Waals surface area contributed by atoms with Gasteiger partial charge in [0.1, 0.15) is 5.75 Å². The van der Waals surface area contributed by atoms with E-state index < -0.39 is 5.97 Å². The number of ether oxygens (including phenoxy) is 1. The monoisotopic (exact) mass is 394 g/mol. The summed E-state index contributed by atoms with van der Waals surface area (Å²) < 4.78 is 5.21. The number of carboxylic acids is 1. The van der Waals surface area contributed by atoms with Gasteiger partial charge in [-0.15, -0.1) is 0 Å². The van der Waals surface area contributed by atoms with E-state index in [4.69, 9.17) is 9.84 Å². The van der Waals surface area contributed by atoms with Gasteiger partial charge < -0.3 is 20.1 Å². The summed E-state index contributed by atoms with van der Waals surface area (Å²) in [6, 6.07) is 14.3. The Balaban J connectivity index is 1.70. The quantitative estimate of drug-likeness (QED) is 0.541. The summed E-state index contributed by atoms with van der Waals surface area (Å²) >= 11 is 0. The Morgan fingerprint density at radius 1 is 1.17 bits per heavy atom. The van der Waals surface area contributed by atoms with Gasteiger partial charge in [-0.25, -0.2) is 4.79 Å². The highest BCUT2D eigenvalue weighted by atomic mass is 16.5. The van der Waals surface area contributed by atoms with E-state index in [1.807, 2.05) is 36.4 Å². The van der Waals surface area contributed by atoms with E-state index in [-0.39, 0.29) is 25.5 Å². The Hall–Kier alpha value is -3.81. The average molecular weight is 394 g/mol. The molecule has 0 radical (unpaired) electrons. The van der Waals surface area contributed by atoms with Gasteiger partial charge in [-0.05, 0) is 35.4 Å². The number of methoxy groups -OCH3 is 1. The number of H-pyrrole nitrogens is 1. The zero-order chi connectivity index (χ0) is 20.6. The van der Waals surface area contributed by atoms with Gasteiger partial charge in [0.05, 0.1) is 19.7 Å². The second-order valence-electron chi connectivity index (χ2n) is 6.41. The highest BCUT2D eigenvalue weighted by Crippen LogP contribution is 2.21. The number of hydrogen-bond acceptors (Lipinski definition) is 4. The molecular formula is C21H22N4O4. The van der Waals surface area contributed by atoms with Crippen molar-refractivity contribution in [2.75, 3.05) is 19.0 Å². The minimum atomic E-state index is -0.960. The van der Waals surface area contributed by atoms with Gasteiger partial charge >= 0.3 is 12.0 Å². The first-order valence-corrected chi connectivity index (χ1v) is 9.05. The lowest BCUT2D eigenvalue weighted by Crippen LogP contribution is -2.36. The average Bonchev–Trinajstić information content (AvgIpc) is 3.26. The molecule has 8 nitrogen and oxygen atoms in total. The summed E-state index contributed by atoms with van der Waals surface area (Å²) in [7, 11) is 1.57. The predicted molar refractivity (Wildman–Crippen MR) is 109 cm³/mol. The molecule has 0 saturated heterocycles. The number of rotatable bonds is 8. The van der Waals surface area contributed by atoms with Crippen LogP contribution >= 0.6 is 0 Å². The Morgan fingerprint density at radius 3 is 2.62 bits per heavy atom. The maximum absolute atomic E-state index is 12.8. The number of amides is 2. The Bertz CT molecular complexity index is 955. The molecule has 29 heavy (non-hydrogen) atoms. The molecular weight excluding hydrogens is 372 g/mol. The molecule has 3 N–H and O–H groups in total. The first-order chi connectivity index (χ1) is 14.0. The van der Waals surface area contributed by atoms with Crippen molar-refractivity contribution in [1.29, 1.82) is 0 Å². The second kappa shape index (κ2) is 9.41. The lowest BCUT2D eigenvalue weighted by molar-refractivity contribution is -0.137. The van der Waals surface area contributed by atoms with Crippen LogP contribution in [0.4, 0.5) is 10.5 Å². The van der Waals surface area contributed by atoms with E-state index >= 15 is 0 Å². The van der Waals surface area contributed by atoms with Crippen molar-refractivity contribution >= 4 is 17.7 Å². The minimum absolute atomic E-state index is 0.0888. The first kappa shape index (κ1) is 19.9. The van der Waals surface area contributed by atoms with Crippen LogP contribution in [0.15, 0.2) is 60.9 Å². The topological polar surface area (TPSA) is 108 Å². The van der Waals surface area contributed by atoms with Gasteiger partial charge in [0.15, 0.2) is 0 Å². The highest BCUT2D eigenvalue weighted by Gasteiger charge is 2.16. The number of carboxylic acid groups (broad SMARTS) is 1. The van der Waals surface area contributed by atoms with Crippen molar-refractivity contribution in [1.82, 2.24) is 15.1 Å². The third-order valence-electron chi connectivity index (χ3n) is 4.36. The number of carbonyl (C=O) groups excluding carboxylic acids is 1. The fourth-order valence-electron chi connectivity index (χ4n) is 2.83. The summed E-state index contributed by atoms with van der Waals surface area (Å²) in [6.45, 7) is 0.356. The number of nitrogens with zero attached hydrogens (tertiary/aromatic N) is 2. The lowest BCUT2D eigenvalue weighted by Gasteiger charge is -2.23. The van der Waals surface area contributed by atoms with Gasteiger partial charge in [0.25, 0.3) is 0 Å². The van der Waals surface area contributed by atoms with Crippen LogP contribution in [0.25, 0.3) is 11.1 Å². The molecule has 0 fully saturated rings. The second-order valence-corrected chi connectivity index (χ2v) is 6.41. The number of benzene rings is 2. The Morgan fingerprint density at radius 2 is 1.97 bits per heavy atom. The Labute approximate surface area is 168 Å².